The Morgan fingerprint density at radius 2 is 1.89 bits per heavy atom. The summed E-state index contributed by atoms with van der Waals surface area (Å²) in [6.45, 7) is 8.47. The van der Waals surface area contributed by atoms with Gasteiger partial charge in [0.15, 0.2) is 0 Å². The summed E-state index contributed by atoms with van der Waals surface area (Å²) in [5, 5.41) is 3.69. The van der Waals surface area contributed by atoms with Crippen LogP contribution in [-0.4, -0.2) is 36.6 Å². The van der Waals surface area contributed by atoms with E-state index in [1.165, 1.54) is 71.0 Å². The fourth-order valence-electron chi connectivity index (χ4n) is 3.76. The monoisotopic (exact) mass is 252 g/mol. The Balaban J connectivity index is 1.70. The van der Waals surface area contributed by atoms with Crippen LogP contribution in [-0.2, 0) is 0 Å². The Bertz CT molecular complexity index is 223. The third-order valence-electron chi connectivity index (χ3n) is 5.11. The molecule has 0 radical (unpaired) electrons. The number of piperazine rings is 1. The SMILES string of the molecule is CCC1CN(CCCC2CCCC2)C(CC)CN1. The van der Waals surface area contributed by atoms with Crippen molar-refractivity contribution < 1.29 is 0 Å². The summed E-state index contributed by atoms with van der Waals surface area (Å²) in [5.41, 5.74) is 0. The minimum Gasteiger partial charge on any atom is -0.311 e. The predicted molar refractivity (Wildman–Crippen MR) is 78.9 cm³/mol. The molecule has 0 spiro atoms. The highest BCUT2D eigenvalue weighted by atomic mass is 15.2. The van der Waals surface area contributed by atoms with Crippen LogP contribution < -0.4 is 5.32 Å². The lowest BCUT2D eigenvalue weighted by Gasteiger charge is -2.40. The molecule has 0 bridgehead atoms. The number of rotatable bonds is 6. The standard InChI is InChI=1S/C16H32N2/c1-3-15-13-18(16(4-2)12-17-15)11-7-10-14-8-5-6-9-14/h14-17H,3-13H2,1-2H3. The van der Waals surface area contributed by atoms with Gasteiger partial charge >= 0.3 is 0 Å². The molecular formula is C16H32N2. The van der Waals surface area contributed by atoms with E-state index in [9.17, 15) is 0 Å². The zero-order valence-electron chi connectivity index (χ0n) is 12.5. The van der Waals surface area contributed by atoms with Gasteiger partial charge in [-0.1, -0.05) is 39.5 Å². The molecule has 106 valence electrons. The van der Waals surface area contributed by atoms with E-state index in [1.54, 1.807) is 0 Å². The summed E-state index contributed by atoms with van der Waals surface area (Å²) in [4.78, 5) is 2.76. The molecule has 18 heavy (non-hydrogen) atoms. The van der Waals surface area contributed by atoms with Crippen LogP contribution in [0, 0.1) is 5.92 Å². The van der Waals surface area contributed by atoms with E-state index in [2.05, 4.69) is 24.1 Å². The summed E-state index contributed by atoms with van der Waals surface area (Å²) in [6, 6.07) is 1.52. The largest absolute Gasteiger partial charge is 0.311 e. The van der Waals surface area contributed by atoms with Crippen molar-refractivity contribution in [1.29, 1.82) is 0 Å². The second-order valence-electron chi connectivity index (χ2n) is 6.36. The molecule has 2 nitrogen and oxygen atoms in total. The van der Waals surface area contributed by atoms with Gasteiger partial charge in [-0.05, 0) is 38.1 Å². The van der Waals surface area contributed by atoms with Crippen molar-refractivity contribution in [3.63, 3.8) is 0 Å². The molecule has 0 aromatic rings. The number of nitrogens with zero attached hydrogens (tertiary/aromatic N) is 1. The molecule has 2 rings (SSSR count). The van der Waals surface area contributed by atoms with Gasteiger partial charge in [-0.25, -0.2) is 0 Å². The minimum atomic E-state index is 0.735. The highest BCUT2D eigenvalue weighted by molar-refractivity contribution is 4.84. The topological polar surface area (TPSA) is 15.3 Å². The second-order valence-corrected chi connectivity index (χ2v) is 6.36. The molecule has 1 aliphatic carbocycles. The molecule has 0 aromatic heterocycles. The zero-order valence-corrected chi connectivity index (χ0v) is 12.5. The molecule has 2 atom stereocenters. The Morgan fingerprint density at radius 1 is 1.11 bits per heavy atom. The highest BCUT2D eigenvalue weighted by Crippen LogP contribution is 2.28. The molecule has 1 heterocycles. The maximum Gasteiger partial charge on any atom is 0.0218 e. The highest BCUT2D eigenvalue weighted by Gasteiger charge is 2.25. The van der Waals surface area contributed by atoms with Gasteiger partial charge in [0.05, 0.1) is 0 Å². The van der Waals surface area contributed by atoms with Crippen LogP contribution in [0.4, 0.5) is 0 Å². The second kappa shape index (κ2) is 7.49. The maximum atomic E-state index is 3.69. The van der Waals surface area contributed by atoms with Crippen LogP contribution in [0.2, 0.25) is 0 Å². The molecule has 2 fully saturated rings. The first-order valence-electron chi connectivity index (χ1n) is 8.30. The summed E-state index contributed by atoms with van der Waals surface area (Å²) < 4.78 is 0. The zero-order chi connectivity index (χ0) is 12.8. The van der Waals surface area contributed by atoms with E-state index in [-0.39, 0.29) is 0 Å². The van der Waals surface area contributed by atoms with E-state index in [4.69, 9.17) is 0 Å². The van der Waals surface area contributed by atoms with Crippen molar-refractivity contribution in [3.8, 4) is 0 Å². The van der Waals surface area contributed by atoms with Gasteiger partial charge < -0.3 is 5.32 Å². The van der Waals surface area contributed by atoms with Crippen molar-refractivity contribution in [2.45, 2.75) is 77.3 Å². The minimum absolute atomic E-state index is 0.735. The van der Waals surface area contributed by atoms with Crippen molar-refractivity contribution >= 4 is 0 Å². The molecular weight excluding hydrogens is 220 g/mol. The molecule has 1 saturated heterocycles. The summed E-state index contributed by atoms with van der Waals surface area (Å²) >= 11 is 0. The van der Waals surface area contributed by atoms with E-state index >= 15 is 0 Å². The maximum absolute atomic E-state index is 3.69. The summed E-state index contributed by atoms with van der Waals surface area (Å²) in [7, 11) is 0. The van der Waals surface area contributed by atoms with Gasteiger partial charge in [-0.3, -0.25) is 4.90 Å². The van der Waals surface area contributed by atoms with Crippen LogP contribution in [0.15, 0.2) is 0 Å². The molecule has 0 aromatic carbocycles. The summed E-state index contributed by atoms with van der Waals surface area (Å²) in [5.74, 6) is 1.06. The van der Waals surface area contributed by atoms with Gasteiger partial charge in [-0.2, -0.15) is 0 Å². The Hall–Kier alpha value is -0.0800. The van der Waals surface area contributed by atoms with Crippen LogP contribution >= 0.6 is 0 Å². The number of hydrogen-bond acceptors (Lipinski definition) is 2. The first kappa shape index (κ1) is 14.3. The van der Waals surface area contributed by atoms with Gasteiger partial charge in [0, 0.05) is 25.2 Å². The quantitative estimate of drug-likeness (QED) is 0.779. The molecule has 2 aliphatic rings. The van der Waals surface area contributed by atoms with Crippen LogP contribution in [0.1, 0.15) is 65.2 Å². The van der Waals surface area contributed by atoms with Gasteiger partial charge in [-0.15, -0.1) is 0 Å². The number of hydrogen-bond donors (Lipinski definition) is 1. The Morgan fingerprint density at radius 3 is 2.56 bits per heavy atom. The van der Waals surface area contributed by atoms with Gasteiger partial charge in [0.2, 0.25) is 0 Å². The van der Waals surface area contributed by atoms with Gasteiger partial charge in [0.1, 0.15) is 0 Å². The average Bonchev–Trinajstić information content (AvgIpc) is 2.92. The third kappa shape index (κ3) is 3.96. The van der Waals surface area contributed by atoms with Crippen LogP contribution in [0.25, 0.3) is 0 Å². The van der Waals surface area contributed by atoms with Gasteiger partial charge in [0.25, 0.3) is 0 Å². The van der Waals surface area contributed by atoms with Crippen molar-refractivity contribution in [3.05, 3.63) is 0 Å². The third-order valence-corrected chi connectivity index (χ3v) is 5.11. The molecule has 1 saturated carbocycles. The van der Waals surface area contributed by atoms with Crippen LogP contribution in [0.5, 0.6) is 0 Å². The molecule has 2 heteroatoms. The van der Waals surface area contributed by atoms with Crippen molar-refractivity contribution in [1.82, 2.24) is 10.2 Å². The smallest absolute Gasteiger partial charge is 0.0218 e. The first-order chi connectivity index (χ1) is 8.83. The Labute approximate surface area is 114 Å². The number of nitrogens with one attached hydrogen (secondary N) is 1. The van der Waals surface area contributed by atoms with E-state index < -0.39 is 0 Å². The molecule has 0 amide bonds. The first-order valence-corrected chi connectivity index (χ1v) is 8.30. The van der Waals surface area contributed by atoms with E-state index in [0.717, 1.165) is 18.0 Å². The lowest BCUT2D eigenvalue weighted by molar-refractivity contribution is 0.121. The van der Waals surface area contributed by atoms with E-state index in [1.807, 2.05) is 0 Å². The van der Waals surface area contributed by atoms with Crippen LogP contribution in [0.3, 0.4) is 0 Å². The normalized spacial score (nSPS) is 31.0. The lowest BCUT2D eigenvalue weighted by Crippen LogP contribution is -2.56. The van der Waals surface area contributed by atoms with E-state index in [0.29, 0.717) is 0 Å². The molecule has 1 N–H and O–H groups in total. The molecule has 2 unspecified atom stereocenters. The average molecular weight is 252 g/mol. The fourth-order valence-corrected chi connectivity index (χ4v) is 3.76. The lowest BCUT2D eigenvalue weighted by atomic mass is 10.00. The fraction of sp³-hybridized carbons (Fsp3) is 1.00. The predicted octanol–water partition coefficient (Wildman–Crippen LogP) is 3.42. The van der Waals surface area contributed by atoms with Crippen molar-refractivity contribution in [2.75, 3.05) is 19.6 Å². The summed E-state index contributed by atoms with van der Waals surface area (Å²) in [6.07, 6.45) is 11.5. The molecule has 1 aliphatic heterocycles. The van der Waals surface area contributed by atoms with Crippen molar-refractivity contribution in [2.24, 2.45) is 5.92 Å². The Kier molecular flexibility index (Phi) is 5.97.